The topological polar surface area (TPSA) is 77.0 Å². The second-order valence-corrected chi connectivity index (χ2v) is 6.84. The molecule has 0 radical (unpaired) electrons. The van der Waals surface area contributed by atoms with E-state index >= 15 is 0 Å². The highest BCUT2D eigenvalue weighted by molar-refractivity contribution is 9.10. The van der Waals surface area contributed by atoms with E-state index in [0.29, 0.717) is 44.2 Å². The Morgan fingerprint density at radius 1 is 1.07 bits per heavy atom. The van der Waals surface area contributed by atoms with E-state index < -0.39 is 0 Å². The van der Waals surface area contributed by atoms with Crippen molar-refractivity contribution < 1.29 is 9.59 Å². The van der Waals surface area contributed by atoms with Gasteiger partial charge in [-0.05, 0) is 45.0 Å². The van der Waals surface area contributed by atoms with Gasteiger partial charge in [-0.3, -0.25) is 14.6 Å². The molecule has 8 heteroatoms. The SMILES string of the molecule is CCNC(=NCCNC(=O)c1ccc(Br)cc1)N(C)CC(=O)N(CC)CC. The van der Waals surface area contributed by atoms with E-state index in [0.717, 1.165) is 4.47 Å². The lowest BCUT2D eigenvalue weighted by Crippen LogP contribution is -2.46. The summed E-state index contributed by atoms with van der Waals surface area (Å²) in [6, 6.07) is 7.19. The fourth-order valence-electron chi connectivity index (χ4n) is 2.46. The van der Waals surface area contributed by atoms with Gasteiger partial charge in [0.15, 0.2) is 5.96 Å². The molecule has 0 spiro atoms. The first kappa shape index (κ1) is 23.0. The molecule has 0 atom stereocenters. The number of guanidine groups is 1. The van der Waals surface area contributed by atoms with Crippen molar-refractivity contribution in [3.63, 3.8) is 0 Å². The van der Waals surface area contributed by atoms with E-state index in [-0.39, 0.29) is 18.4 Å². The van der Waals surface area contributed by atoms with E-state index in [4.69, 9.17) is 0 Å². The summed E-state index contributed by atoms with van der Waals surface area (Å²) in [6.07, 6.45) is 0. The largest absolute Gasteiger partial charge is 0.357 e. The Morgan fingerprint density at radius 3 is 2.26 bits per heavy atom. The fraction of sp³-hybridized carbons (Fsp3) is 0.526. The highest BCUT2D eigenvalue weighted by atomic mass is 79.9. The average molecular weight is 440 g/mol. The maximum absolute atomic E-state index is 12.3. The van der Waals surface area contributed by atoms with Crippen LogP contribution in [0.25, 0.3) is 0 Å². The van der Waals surface area contributed by atoms with Gasteiger partial charge in [-0.25, -0.2) is 0 Å². The maximum atomic E-state index is 12.3. The first-order chi connectivity index (χ1) is 12.9. The van der Waals surface area contributed by atoms with Gasteiger partial charge < -0.3 is 20.4 Å². The molecule has 0 aromatic heterocycles. The number of rotatable bonds is 9. The predicted molar refractivity (Wildman–Crippen MR) is 113 cm³/mol. The molecule has 2 N–H and O–H groups in total. The molecule has 0 bridgehead atoms. The number of likely N-dealkylation sites (N-methyl/N-ethyl adjacent to an activating group) is 2. The molecule has 0 aliphatic carbocycles. The molecule has 1 aromatic rings. The molecule has 0 heterocycles. The lowest BCUT2D eigenvalue weighted by Gasteiger charge is -2.25. The van der Waals surface area contributed by atoms with Crippen molar-refractivity contribution in [1.29, 1.82) is 0 Å². The van der Waals surface area contributed by atoms with Gasteiger partial charge in [0, 0.05) is 43.3 Å². The van der Waals surface area contributed by atoms with Crippen LogP contribution in [0, 0.1) is 0 Å². The number of halogens is 1. The Balaban J connectivity index is 2.56. The van der Waals surface area contributed by atoms with Crippen molar-refractivity contribution in [3.05, 3.63) is 34.3 Å². The van der Waals surface area contributed by atoms with E-state index in [1.165, 1.54) is 0 Å². The number of carbonyl (C=O) groups excluding carboxylic acids is 2. The van der Waals surface area contributed by atoms with Crippen LogP contribution in [-0.4, -0.2) is 73.9 Å². The molecule has 0 saturated heterocycles. The second-order valence-electron chi connectivity index (χ2n) is 5.92. The Labute approximate surface area is 170 Å². The van der Waals surface area contributed by atoms with Gasteiger partial charge >= 0.3 is 0 Å². The molecule has 0 aliphatic rings. The van der Waals surface area contributed by atoms with Crippen LogP contribution in [0.2, 0.25) is 0 Å². The molecule has 150 valence electrons. The van der Waals surface area contributed by atoms with E-state index in [1.54, 1.807) is 21.9 Å². The van der Waals surface area contributed by atoms with Crippen LogP contribution >= 0.6 is 15.9 Å². The highest BCUT2D eigenvalue weighted by Gasteiger charge is 2.14. The van der Waals surface area contributed by atoms with Gasteiger partial charge in [0.2, 0.25) is 5.91 Å². The van der Waals surface area contributed by atoms with E-state index in [9.17, 15) is 9.59 Å². The zero-order chi connectivity index (χ0) is 20.2. The van der Waals surface area contributed by atoms with E-state index in [1.807, 2.05) is 40.0 Å². The normalized spacial score (nSPS) is 11.1. The highest BCUT2D eigenvalue weighted by Crippen LogP contribution is 2.10. The predicted octanol–water partition coefficient (Wildman–Crippen LogP) is 1.94. The zero-order valence-electron chi connectivity index (χ0n) is 16.6. The second kappa shape index (κ2) is 12.3. The lowest BCUT2D eigenvalue weighted by atomic mass is 10.2. The van der Waals surface area contributed by atoms with Crippen molar-refractivity contribution in [2.45, 2.75) is 20.8 Å². The van der Waals surface area contributed by atoms with Gasteiger partial charge in [0.25, 0.3) is 5.91 Å². The summed E-state index contributed by atoms with van der Waals surface area (Å²) in [5.74, 6) is 0.584. The first-order valence-corrected chi connectivity index (χ1v) is 10.0. The first-order valence-electron chi connectivity index (χ1n) is 9.23. The monoisotopic (exact) mass is 439 g/mol. The molecule has 2 amide bonds. The van der Waals surface area contributed by atoms with Crippen LogP contribution in [0.1, 0.15) is 31.1 Å². The minimum Gasteiger partial charge on any atom is -0.357 e. The average Bonchev–Trinajstić information content (AvgIpc) is 2.65. The molecule has 0 fully saturated rings. The number of nitrogens with zero attached hydrogens (tertiary/aromatic N) is 3. The quantitative estimate of drug-likeness (QED) is 0.350. The molecular formula is C19H30BrN5O2. The summed E-state index contributed by atoms with van der Waals surface area (Å²) in [4.78, 5) is 32.5. The Bertz CT molecular complexity index is 629. The number of hydrogen-bond acceptors (Lipinski definition) is 3. The fourth-order valence-corrected chi connectivity index (χ4v) is 2.72. The number of benzene rings is 1. The van der Waals surface area contributed by atoms with Crippen LogP contribution in [0.4, 0.5) is 0 Å². The van der Waals surface area contributed by atoms with Gasteiger partial charge in [-0.2, -0.15) is 0 Å². The van der Waals surface area contributed by atoms with Crippen LogP contribution in [0.3, 0.4) is 0 Å². The summed E-state index contributed by atoms with van der Waals surface area (Å²) in [7, 11) is 1.84. The number of aliphatic imine (C=N–C) groups is 1. The van der Waals surface area contributed by atoms with Crippen LogP contribution < -0.4 is 10.6 Å². The van der Waals surface area contributed by atoms with Gasteiger partial charge in [0.1, 0.15) is 0 Å². The van der Waals surface area contributed by atoms with Gasteiger partial charge in [-0.15, -0.1) is 0 Å². The number of amides is 2. The third kappa shape index (κ3) is 7.99. The van der Waals surface area contributed by atoms with Gasteiger partial charge in [0.05, 0.1) is 13.1 Å². The maximum Gasteiger partial charge on any atom is 0.251 e. The van der Waals surface area contributed by atoms with Crippen molar-refractivity contribution in [2.75, 3.05) is 46.3 Å². The third-order valence-electron chi connectivity index (χ3n) is 3.95. The van der Waals surface area contributed by atoms with Gasteiger partial charge in [-0.1, -0.05) is 15.9 Å². The summed E-state index contributed by atoms with van der Waals surface area (Å²) < 4.78 is 0.932. The summed E-state index contributed by atoms with van der Waals surface area (Å²) >= 11 is 3.35. The Kier molecular flexibility index (Phi) is 10.5. The standard InChI is InChI=1S/C19H30BrN5O2/c1-5-21-19(24(4)14-17(26)25(6-2)7-3)23-13-12-22-18(27)15-8-10-16(20)11-9-15/h8-11H,5-7,12-14H2,1-4H3,(H,21,23)(H,22,27). The van der Waals surface area contributed by atoms with Crippen LogP contribution in [0.15, 0.2) is 33.7 Å². The molecule has 0 unspecified atom stereocenters. The number of nitrogens with one attached hydrogen (secondary N) is 2. The Hall–Kier alpha value is -2.09. The number of carbonyl (C=O) groups is 2. The molecule has 27 heavy (non-hydrogen) atoms. The van der Waals surface area contributed by atoms with Crippen molar-refractivity contribution in [1.82, 2.24) is 20.4 Å². The minimum absolute atomic E-state index is 0.0663. The molecular weight excluding hydrogens is 410 g/mol. The summed E-state index contributed by atoms with van der Waals surface area (Å²) in [5, 5.41) is 6.03. The summed E-state index contributed by atoms with van der Waals surface area (Å²) in [6.45, 7) is 9.11. The van der Waals surface area contributed by atoms with Crippen LogP contribution in [-0.2, 0) is 4.79 Å². The van der Waals surface area contributed by atoms with Crippen LogP contribution in [0.5, 0.6) is 0 Å². The van der Waals surface area contributed by atoms with Crippen molar-refractivity contribution in [3.8, 4) is 0 Å². The smallest absolute Gasteiger partial charge is 0.251 e. The summed E-state index contributed by atoms with van der Waals surface area (Å²) in [5.41, 5.74) is 0.607. The molecule has 7 nitrogen and oxygen atoms in total. The number of hydrogen-bond donors (Lipinski definition) is 2. The molecule has 0 aliphatic heterocycles. The lowest BCUT2D eigenvalue weighted by molar-refractivity contribution is -0.131. The molecule has 0 saturated carbocycles. The molecule has 1 rings (SSSR count). The van der Waals surface area contributed by atoms with Crippen molar-refractivity contribution in [2.24, 2.45) is 4.99 Å². The minimum atomic E-state index is -0.132. The Morgan fingerprint density at radius 2 is 1.70 bits per heavy atom. The van der Waals surface area contributed by atoms with E-state index in [2.05, 4.69) is 31.6 Å². The third-order valence-corrected chi connectivity index (χ3v) is 4.48. The molecule has 1 aromatic carbocycles. The zero-order valence-corrected chi connectivity index (χ0v) is 18.2. The van der Waals surface area contributed by atoms with Crippen molar-refractivity contribution >= 4 is 33.7 Å².